The molecule has 0 fully saturated rings. The Bertz CT molecular complexity index is 1520. The molecule has 0 radical (unpaired) electrons. The molecule has 41 heavy (non-hydrogen) atoms. The first kappa shape index (κ1) is 30.0. The summed E-state index contributed by atoms with van der Waals surface area (Å²) in [6.45, 7) is 4.60. The van der Waals surface area contributed by atoms with Crippen molar-refractivity contribution < 1.29 is 32.5 Å². The number of carbonyl (C=O) groups excluding carboxylic acids is 1. The normalized spacial score (nSPS) is 12.8. The summed E-state index contributed by atoms with van der Waals surface area (Å²) in [6.07, 6.45) is 1.97. The Kier molecular flexibility index (Phi) is 10.3. The number of phosphoric acid groups is 1. The molecule has 218 valence electrons. The molecule has 0 aliphatic rings. The van der Waals surface area contributed by atoms with E-state index in [1.807, 2.05) is 6.07 Å². The molecular formula is C26H31FN7O6P. The highest BCUT2D eigenvalue weighted by Crippen LogP contribution is 2.43. The van der Waals surface area contributed by atoms with Crippen LogP contribution in [0.15, 0.2) is 54.9 Å². The van der Waals surface area contributed by atoms with Gasteiger partial charge in [0.15, 0.2) is 5.82 Å². The van der Waals surface area contributed by atoms with Crippen LogP contribution >= 0.6 is 7.82 Å². The number of anilines is 3. The van der Waals surface area contributed by atoms with Crippen LogP contribution in [0.3, 0.4) is 0 Å². The lowest BCUT2D eigenvalue weighted by atomic mass is 10.2. The minimum Gasteiger partial charge on any atom is -0.493 e. The van der Waals surface area contributed by atoms with E-state index in [-0.39, 0.29) is 18.9 Å². The van der Waals surface area contributed by atoms with Crippen molar-refractivity contribution in [3.05, 3.63) is 66.4 Å². The largest absolute Gasteiger partial charge is 0.493 e. The molecular weight excluding hydrogens is 556 g/mol. The predicted molar refractivity (Wildman–Crippen MR) is 150 cm³/mol. The van der Waals surface area contributed by atoms with Gasteiger partial charge >= 0.3 is 7.82 Å². The van der Waals surface area contributed by atoms with Gasteiger partial charge in [-0.3, -0.25) is 14.4 Å². The average Bonchev–Trinajstić information content (AvgIpc) is 3.36. The summed E-state index contributed by atoms with van der Waals surface area (Å²) in [5.74, 6) is 0.816. The smallest absolute Gasteiger partial charge is 0.488 e. The highest BCUT2D eigenvalue weighted by molar-refractivity contribution is 7.47. The summed E-state index contributed by atoms with van der Waals surface area (Å²) in [4.78, 5) is 30.6. The molecule has 4 N–H and O–H groups in total. The van der Waals surface area contributed by atoms with Crippen LogP contribution in [0.5, 0.6) is 5.75 Å². The Balaban J connectivity index is 1.31. The van der Waals surface area contributed by atoms with Gasteiger partial charge in [0.25, 0.3) is 0 Å². The number of nitrogens with zero attached hydrogens (tertiary/aromatic N) is 4. The van der Waals surface area contributed by atoms with Gasteiger partial charge in [0.2, 0.25) is 5.91 Å². The summed E-state index contributed by atoms with van der Waals surface area (Å²) >= 11 is 0. The van der Waals surface area contributed by atoms with Crippen LogP contribution in [0.25, 0.3) is 10.9 Å². The summed E-state index contributed by atoms with van der Waals surface area (Å²) < 4.78 is 40.8. The summed E-state index contributed by atoms with van der Waals surface area (Å²) in [7, 11) is -4.12. The summed E-state index contributed by atoms with van der Waals surface area (Å²) in [6, 6.07) is 12.7. The minimum absolute atomic E-state index is 0.0182. The lowest BCUT2D eigenvalue weighted by molar-refractivity contribution is -0.115. The van der Waals surface area contributed by atoms with Gasteiger partial charge in [-0.05, 0) is 43.7 Å². The number of aromatic nitrogens is 4. The Morgan fingerprint density at radius 3 is 2.80 bits per heavy atom. The van der Waals surface area contributed by atoms with Gasteiger partial charge in [0, 0.05) is 42.0 Å². The third-order valence-electron chi connectivity index (χ3n) is 5.63. The van der Waals surface area contributed by atoms with Gasteiger partial charge in [-0.2, -0.15) is 14.8 Å². The highest BCUT2D eigenvalue weighted by atomic mass is 31.2. The van der Waals surface area contributed by atoms with E-state index in [4.69, 9.17) is 13.9 Å². The Morgan fingerprint density at radius 2 is 2.02 bits per heavy atom. The standard InChI is InChI=1S/C26H31FN7O6P/c1-3-34(40-41(36,37)39-4-2)11-6-12-38-21-9-10-22-23(16-21)28-17-29-26(22)31-24-14-20(32-33-24)15-25(35)30-19-8-5-7-18(27)13-19/h5,7-10,13-14,16-17H,3-4,6,11-12,15H2,1-2H3,(H,30,35)(H,36,37)(H2,28,29,31,32,33). The molecule has 1 amide bonds. The van der Waals surface area contributed by atoms with E-state index >= 15 is 0 Å². The number of benzene rings is 2. The van der Waals surface area contributed by atoms with Gasteiger partial charge in [-0.25, -0.2) is 18.9 Å². The molecule has 2 aromatic carbocycles. The topological polar surface area (TPSA) is 164 Å². The number of aromatic amines is 1. The van der Waals surface area contributed by atoms with E-state index in [1.165, 1.54) is 29.6 Å². The maximum Gasteiger partial charge on any atom is 0.488 e. The number of phosphoric ester groups is 1. The summed E-state index contributed by atoms with van der Waals surface area (Å²) in [5, 5.41) is 14.9. The zero-order valence-corrected chi connectivity index (χ0v) is 23.4. The molecule has 2 aromatic heterocycles. The molecule has 0 saturated carbocycles. The van der Waals surface area contributed by atoms with Gasteiger partial charge in [0.1, 0.15) is 23.7 Å². The van der Waals surface area contributed by atoms with Crippen molar-refractivity contribution in [2.24, 2.45) is 0 Å². The first-order valence-electron chi connectivity index (χ1n) is 12.9. The first-order chi connectivity index (χ1) is 19.7. The molecule has 0 saturated heterocycles. The number of rotatable bonds is 15. The molecule has 4 rings (SSSR count). The number of nitrogens with one attached hydrogen (secondary N) is 3. The van der Waals surface area contributed by atoms with Crippen LogP contribution in [0.1, 0.15) is 26.0 Å². The fourth-order valence-corrected chi connectivity index (χ4v) is 4.69. The van der Waals surface area contributed by atoms with E-state index in [2.05, 4.69) is 30.8 Å². The van der Waals surface area contributed by atoms with Crippen LogP contribution in [0, 0.1) is 5.82 Å². The van der Waals surface area contributed by atoms with Crippen molar-refractivity contribution >= 4 is 42.0 Å². The van der Waals surface area contributed by atoms with Crippen molar-refractivity contribution in [2.75, 3.05) is 36.9 Å². The van der Waals surface area contributed by atoms with Crippen molar-refractivity contribution in [1.82, 2.24) is 25.2 Å². The molecule has 0 aliphatic heterocycles. The molecule has 1 atom stereocenters. The number of H-pyrrole nitrogens is 1. The Morgan fingerprint density at radius 1 is 1.17 bits per heavy atom. The van der Waals surface area contributed by atoms with Crippen LogP contribution in [-0.4, -0.2) is 62.3 Å². The van der Waals surface area contributed by atoms with Crippen molar-refractivity contribution in [3.63, 3.8) is 0 Å². The fourth-order valence-electron chi connectivity index (χ4n) is 3.83. The van der Waals surface area contributed by atoms with Crippen LogP contribution in [0.4, 0.5) is 21.7 Å². The molecule has 0 aliphatic carbocycles. The second-order valence-electron chi connectivity index (χ2n) is 8.73. The maximum atomic E-state index is 13.3. The second kappa shape index (κ2) is 14.1. The zero-order valence-electron chi connectivity index (χ0n) is 22.5. The maximum absolute atomic E-state index is 13.3. The van der Waals surface area contributed by atoms with Crippen LogP contribution in [0.2, 0.25) is 0 Å². The third kappa shape index (κ3) is 9.03. The van der Waals surface area contributed by atoms with Crippen LogP contribution < -0.4 is 15.4 Å². The second-order valence-corrected chi connectivity index (χ2v) is 10.1. The molecule has 2 heterocycles. The van der Waals surface area contributed by atoms with E-state index in [0.717, 1.165) is 5.39 Å². The molecule has 1 unspecified atom stereocenters. The lowest BCUT2D eigenvalue weighted by Crippen LogP contribution is -2.25. The third-order valence-corrected chi connectivity index (χ3v) is 6.65. The number of hydroxylamine groups is 2. The molecule has 4 aromatic rings. The van der Waals surface area contributed by atoms with Crippen molar-refractivity contribution in [3.8, 4) is 5.75 Å². The van der Waals surface area contributed by atoms with E-state index in [0.29, 0.717) is 60.4 Å². The van der Waals surface area contributed by atoms with Crippen molar-refractivity contribution in [1.29, 1.82) is 0 Å². The monoisotopic (exact) mass is 587 g/mol. The van der Waals surface area contributed by atoms with Crippen LogP contribution in [-0.2, 0) is 24.9 Å². The molecule has 13 nitrogen and oxygen atoms in total. The highest BCUT2D eigenvalue weighted by Gasteiger charge is 2.24. The first-order valence-corrected chi connectivity index (χ1v) is 14.4. The zero-order chi connectivity index (χ0) is 29.2. The number of halogens is 1. The van der Waals surface area contributed by atoms with Gasteiger partial charge in [-0.1, -0.05) is 13.0 Å². The quantitative estimate of drug-likeness (QED) is 0.0875. The predicted octanol–water partition coefficient (Wildman–Crippen LogP) is 4.58. The number of hydrogen-bond acceptors (Lipinski definition) is 10. The number of ether oxygens (including phenoxy) is 1. The Labute approximate surface area is 235 Å². The number of carbonyl (C=O) groups is 1. The van der Waals surface area contributed by atoms with Crippen molar-refractivity contribution in [2.45, 2.75) is 26.7 Å². The number of hydrogen-bond donors (Lipinski definition) is 4. The SMILES string of the molecule is CCOP(=O)(O)ON(CC)CCCOc1ccc2c(Nc3cc(CC(=O)Nc4cccc(F)c4)[nH]n3)ncnc2c1. The number of fused-ring (bicyclic) bond motifs is 1. The van der Waals surface area contributed by atoms with E-state index in [1.54, 1.807) is 38.1 Å². The minimum atomic E-state index is -4.12. The van der Waals surface area contributed by atoms with Gasteiger partial charge in [0.05, 0.1) is 25.2 Å². The van der Waals surface area contributed by atoms with E-state index < -0.39 is 13.6 Å². The fraction of sp³-hybridized carbons (Fsp3) is 0.308. The van der Waals surface area contributed by atoms with Gasteiger partial charge < -0.3 is 20.3 Å². The Hall–Kier alpha value is -3.94. The molecule has 0 spiro atoms. The molecule has 0 bridgehead atoms. The lowest BCUT2D eigenvalue weighted by Gasteiger charge is -2.22. The average molecular weight is 588 g/mol. The summed E-state index contributed by atoms with van der Waals surface area (Å²) in [5.41, 5.74) is 1.57. The molecule has 15 heteroatoms. The van der Waals surface area contributed by atoms with E-state index in [9.17, 15) is 18.6 Å². The van der Waals surface area contributed by atoms with Gasteiger partial charge in [-0.15, -0.1) is 0 Å². The number of amides is 1.